The van der Waals surface area contributed by atoms with Crippen molar-refractivity contribution in [2.45, 2.75) is 46.0 Å². The lowest BCUT2D eigenvalue weighted by molar-refractivity contribution is -0.137. The van der Waals surface area contributed by atoms with Gasteiger partial charge in [-0.25, -0.2) is 8.78 Å². The van der Waals surface area contributed by atoms with Crippen LogP contribution in [-0.4, -0.2) is 11.1 Å². The first-order valence-electron chi connectivity index (χ1n) is 5.92. The number of halogens is 2. The number of aliphatic carboxylic acids is 1. The highest BCUT2D eigenvalue weighted by Gasteiger charge is 2.34. The SMILES string of the molecule is Cc1cc(C)c(C(F)(F)CCCC(=O)O)c(C)c1. The zero-order valence-electron chi connectivity index (χ0n) is 10.9. The maximum Gasteiger partial charge on any atom is 0.303 e. The van der Waals surface area contributed by atoms with Gasteiger partial charge in [-0.05, 0) is 38.3 Å². The largest absolute Gasteiger partial charge is 0.481 e. The summed E-state index contributed by atoms with van der Waals surface area (Å²) in [5.41, 5.74) is 2.12. The average molecular weight is 256 g/mol. The van der Waals surface area contributed by atoms with Gasteiger partial charge in [0, 0.05) is 18.4 Å². The second-order valence-electron chi connectivity index (χ2n) is 4.73. The lowest BCUT2D eigenvalue weighted by Crippen LogP contribution is -2.17. The molecule has 1 N–H and O–H groups in total. The molecule has 18 heavy (non-hydrogen) atoms. The van der Waals surface area contributed by atoms with Crippen LogP contribution in [0, 0.1) is 20.8 Å². The number of carboxylic acid groups (broad SMARTS) is 1. The number of aryl methyl sites for hydroxylation is 3. The Labute approximate surface area is 106 Å². The van der Waals surface area contributed by atoms with Crippen LogP contribution in [0.25, 0.3) is 0 Å². The number of carbonyl (C=O) groups is 1. The maximum absolute atomic E-state index is 14.1. The van der Waals surface area contributed by atoms with Gasteiger partial charge in [-0.1, -0.05) is 17.7 Å². The minimum atomic E-state index is -2.96. The second kappa shape index (κ2) is 5.46. The molecule has 0 aliphatic carbocycles. The van der Waals surface area contributed by atoms with Crippen molar-refractivity contribution in [3.63, 3.8) is 0 Å². The number of rotatable bonds is 5. The molecule has 4 heteroatoms. The van der Waals surface area contributed by atoms with Crippen LogP contribution in [-0.2, 0) is 10.7 Å². The van der Waals surface area contributed by atoms with E-state index in [9.17, 15) is 13.6 Å². The highest BCUT2D eigenvalue weighted by atomic mass is 19.3. The number of hydrogen-bond acceptors (Lipinski definition) is 1. The predicted octanol–water partition coefficient (Wildman–Crippen LogP) is 3.96. The van der Waals surface area contributed by atoms with Crippen molar-refractivity contribution in [2.24, 2.45) is 0 Å². The molecule has 0 saturated carbocycles. The van der Waals surface area contributed by atoms with Crippen molar-refractivity contribution in [2.75, 3.05) is 0 Å². The van der Waals surface area contributed by atoms with E-state index in [1.165, 1.54) is 0 Å². The Kier molecular flexibility index (Phi) is 4.43. The van der Waals surface area contributed by atoms with Crippen molar-refractivity contribution in [3.05, 3.63) is 34.4 Å². The van der Waals surface area contributed by atoms with Gasteiger partial charge < -0.3 is 5.11 Å². The zero-order chi connectivity index (χ0) is 13.9. The first-order valence-corrected chi connectivity index (χ1v) is 5.92. The molecule has 0 aromatic heterocycles. The maximum atomic E-state index is 14.1. The van der Waals surface area contributed by atoms with Crippen LogP contribution in [0.5, 0.6) is 0 Å². The third-order valence-electron chi connectivity index (χ3n) is 2.92. The Morgan fingerprint density at radius 3 is 2.17 bits per heavy atom. The van der Waals surface area contributed by atoms with Gasteiger partial charge in [-0.3, -0.25) is 4.79 Å². The van der Waals surface area contributed by atoms with E-state index in [1.54, 1.807) is 26.0 Å². The molecule has 0 aliphatic rings. The zero-order valence-corrected chi connectivity index (χ0v) is 10.9. The van der Waals surface area contributed by atoms with E-state index in [1.807, 2.05) is 6.92 Å². The third kappa shape index (κ3) is 3.52. The van der Waals surface area contributed by atoms with E-state index in [0.717, 1.165) is 5.56 Å². The second-order valence-corrected chi connectivity index (χ2v) is 4.73. The van der Waals surface area contributed by atoms with Crippen molar-refractivity contribution < 1.29 is 18.7 Å². The average Bonchev–Trinajstić information content (AvgIpc) is 2.13. The highest BCUT2D eigenvalue weighted by molar-refractivity contribution is 5.66. The van der Waals surface area contributed by atoms with E-state index in [-0.39, 0.29) is 18.4 Å². The summed E-state index contributed by atoms with van der Waals surface area (Å²) >= 11 is 0. The summed E-state index contributed by atoms with van der Waals surface area (Å²) in [7, 11) is 0. The molecule has 0 atom stereocenters. The van der Waals surface area contributed by atoms with Crippen LogP contribution in [0.2, 0.25) is 0 Å². The van der Waals surface area contributed by atoms with E-state index in [4.69, 9.17) is 5.11 Å². The van der Waals surface area contributed by atoms with Crippen LogP contribution in [0.15, 0.2) is 12.1 Å². The molecular formula is C14H18F2O2. The topological polar surface area (TPSA) is 37.3 Å². The van der Waals surface area contributed by atoms with Crippen molar-refractivity contribution in [1.82, 2.24) is 0 Å². The molecule has 0 spiro atoms. The third-order valence-corrected chi connectivity index (χ3v) is 2.92. The summed E-state index contributed by atoms with van der Waals surface area (Å²) in [5, 5.41) is 8.48. The van der Waals surface area contributed by atoms with Crippen LogP contribution >= 0.6 is 0 Å². The monoisotopic (exact) mass is 256 g/mol. The molecule has 0 unspecified atom stereocenters. The molecule has 0 bridgehead atoms. The fourth-order valence-electron chi connectivity index (χ4n) is 2.34. The van der Waals surface area contributed by atoms with Crippen molar-refractivity contribution >= 4 is 5.97 Å². The lowest BCUT2D eigenvalue weighted by atomic mass is 9.92. The lowest BCUT2D eigenvalue weighted by Gasteiger charge is -2.21. The van der Waals surface area contributed by atoms with Crippen molar-refractivity contribution in [1.29, 1.82) is 0 Å². The fourth-order valence-corrected chi connectivity index (χ4v) is 2.34. The summed E-state index contributed by atoms with van der Waals surface area (Å²) in [6.45, 7) is 5.20. The Hall–Kier alpha value is -1.45. The molecule has 0 aliphatic heterocycles. The predicted molar refractivity (Wildman–Crippen MR) is 66.0 cm³/mol. The van der Waals surface area contributed by atoms with E-state index < -0.39 is 18.3 Å². The molecule has 0 heterocycles. The molecule has 1 rings (SSSR count). The molecule has 2 nitrogen and oxygen atoms in total. The summed E-state index contributed by atoms with van der Waals surface area (Å²) in [5.74, 6) is -4.00. The first-order chi connectivity index (χ1) is 8.24. The van der Waals surface area contributed by atoms with Gasteiger partial charge in [0.15, 0.2) is 0 Å². The quantitative estimate of drug-likeness (QED) is 0.865. The Morgan fingerprint density at radius 1 is 1.22 bits per heavy atom. The first kappa shape index (κ1) is 14.6. The fraction of sp³-hybridized carbons (Fsp3) is 0.500. The van der Waals surface area contributed by atoms with Crippen LogP contribution in [0.1, 0.15) is 41.5 Å². The molecule has 0 amide bonds. The molecule has 100 valence electrons. The standard InChI is InChI=1S/C14H18F2O2/c1-9-7-10(2)13(11(3)8-9)14(15,16)6-4-5-12(17)18/h7-8H,4-6H2,1-3H3,(H,17,18). The smallest absolute Gasteiger partial charge is 0.303 e. The van der Waals surface area contributed by atoms with Gasteiger partial charge in [0.25, 0.3) is 5.92 Å². The van der Waals surface area contributed by atoms with Crippen LogP contribution < -0.4 is 0 Å². The number of carboxylic acids is 1. The Bertz CT molecular complexity index is 430. The number of benzene rings is 1. The molecule has 0 fully saturated rings. The van der Waals surface area contributed by atoms with Crippen LogP contribution in [0.3, 0.4) is 0 Å². The van der Waals surface area contributed by atoms with Gasteiger partial charge in [0.2, 0.25) is 0 Å². The van der Waals surface area contributed by atoms with Gasteiger partial charge in [0.1, 0.15) is 0 Å². The van der Waals surface area contributed by atoms with Crippen LogP contribution in [0.4, 0.5) is 8.78 Å². The van der Waals surface area contributed by atoms with Gasteiger partial charge >= 0.3 is 5.97 Å². The minimum Gasteiger partial charge on any atom is -0.481 e. The van der Waals surface area contributed by atoms with Gasteiger partial charge in [0.05, 0.1) is 0 Å². The molecule has 0 radical (unpaired) electrons. The summed E-state index contributed by atoms with van der Waals surface area (Å²) in [4.78, 5) is 10.4. The number of alkyl halides is 2. The Balaban J connectivity index is 2.94. The Morgan fingerprint density at radius 2 is 1.72 bits per heavy atom. The summed E-state index contributed by atoms with van der Waals surface area (Å²) in [6.07, 6.45) is -0.668. The minimum absolute atomic E-state index is 0.0188. The highest BCUT2D eigenvalue weighted by Crippen LogP contribution is 2.37. The van der Waals surface area contributed by atoms with Gasteiger partial charge in [-0.2, -0.15) is 0 Å². The summed E-state index contributed by atoms with van der Waals surface area (Å²) in [6, 6.07) is 3.46. The van der Waals surface area contributed by atoms with Gasteiger partial charge in [-0.15, -0.1) is 0 Å². The van der Waals surface area contributed by atoms with Crippen molar-refractivity contribution in [3.8, 4) is 0 Å². The number of hydrogen-bond donors (Lipinski definition) is 1. The van der Waals surface area contributed by atoms with E-state index in [2.05, 4.69) is 0 Å². The molecule has 1 aromatic rings. The molecule has 0 saturated heterocycles. The normalized spacial score (nSPS) is 11.6. The van der Waals surface area contributed by atoms with E-state index in [0.29, 0.717) is 11.1 Å². The van der Waals surface area contributed by atoms with E-state index >= 15 is 0 Å². The molecular weight excluding hydrogens is 238 g/mol. The summed E-state index contributed by atoms with van der Waals surface area (Å²) < 4.78 is 28.1. The molecule has 1 aromatic carbocycles.